The van der Waals surface area contributed by atoms with Gasteiger partial charge in [-0.1, -0.05) is 37.3 Å². The van der Waals surface area contributed by atoms with Gasteiger partial charge in [0.15, 0.2) is 9.84 Å². The maximum Gasteiger partial charge on any atom is 0.317 e. The minimum atomic E-state index is -2.99. The Balaban J connectivity index is 1.46. The minimum absolute atomic E-state index is 0.0494. The number of hydrogen-bond donors (Lipinski definition) is 1. The molecular formula is C19H28N2O3S. The summed E-state index contributed by atoms with van der Waals surface area (Å²) >= 11 is 0. The van der Waals surface area contributed by atoms with Crippen molar-refractivity contribution in [3.05, 3.63) is 35.9 Å². The Morgan fingerprint density at radius 3 is 2.40 bits per heavy atom. The van der Waals surface area contributed by atoms with E-state index in [1.165, 1.54) is 5.56 Å². The number of nitrogens with zero attached hydrogens (tertiary/aromatic N) is 1. The second-order valence-electron chi connectivity index (χ2n) is 7.46. The van der Waals surface area contributed by atoms with Gasteiger partial charge in [0, 0.05) is 25.4 Å². The van der Waals surface area contributed by atoms with Crippen LogP contribution in [0.1, 0.15) is 38.2 Å². The minimum Gasteiger partial charge on any atom is -0.337 e. The SMILES string of the molecule is CCS(=O)(=O)C1CCN(C(=O)NCC2(Cc3ccccc3)CC2)CC1. The van der Waals surface area contributed by atoms with Crippen LogP contribution in [-0.2, 0) is 16.3 Å². The summed E-state index contributed by atoms with van der Waals surface area (Å²) in [6, 6.07) is 10.4. The second kappa shape index (κ2) is 7.36. The summed E-state index contributed by atoms with van der Waals surface area (Å²) in [5.41, 5.74) is 1.53. The molecule has 1 N–H and O–H groups in total. The third kappa shape index (κ3) is 4.54. The second-order valence-corrected chi connectivity index (χ2v) is 10.0. The molecule has 6 heteroatoms. The predicted molar refractivity (Wildman–Crippen MR) is 99.3 cm³/mol. The molecule has 1 aromatic rings. The number of likely N-dealkylation sites (tertiary alicyclic amines) is 1. The molecule has 2 aliphatic rings. The number of carbonyl (C=O) groups excluding carboxylic acids is 1. The predicted octanol–water partition coefficient (Wildman–Crippen LogP) is 2.62. The van der Waals surface area contributed by atoms with Gasteiger partial charge in [-0.15, -0.1) is 0 Å². The zero-order valence-electron chi connectivity index (χ0n) is 14.9. The lowest BCUT2D eigenvalue weighted by atomic mass is 9.96. The molecule has 138 valence electrons. The van der Waals surface area contributed by atoms with Gasteiger partial charge < -0.3 is 10.2 Å². The van der Waals surface area contributed by atoms with Crippen LogP contribution < -0.4 is 5.32 Å². The van der Waals surface area contributed by atoms with E-state index in [2.05, 4.69) is 29.6 Å². The summed E-state index contributed by atoms with van der Waals surface area (Å²) in [4.78, 5) is 14.2. The molecule has 0 radical (unpaired) electrons. The average Bonchev–Trinajstić information content (AvgIpc) is 3.40. The number of sulfone groups is 1. The Kier molecular flexibility index (Phi) is 5.37. The number of amides is 2. The van der Waals surface area contributed by atoms with Crippen LogP contribution in [0, 0.1) is 5.41 Å². The van der Waals surface area contributed by atoms with Crippen LogP contribution in [0.15, 0.2) is 30.3 Å². The molecule has 1 heterocycles. The monoisotopic (exact) mass is 364 g/mol. The quantitative estimate of drug-likeness (QED) is 0.844. The molecule has 25 heavy (non-hydrogen) atoms. The highest BCUT2D eigenvalue weighted by molar-refractivity contribution is 7.92. The van der Waals surface area contributed by atoms with E-state index in [1.807, 2.05) is 6.07 Å². The molecule has 0 bridgehead atoms. The van der Waals surface area contributed by atoms with E-state index in [1.54, 1.807) is 11.8 Å². The van der Waals surface area contributed by atoms with Crippen LogP contribution in [0.5, 0.6) is 0 Å². The molecule has 0 unspecified atom stereocenters. The molecule has 1 aromatic carbocycles. The third-order valence-electron chi connectivity index (χ3n) is 5.63. The van der Waals surface area contributed by atoms with E-state index in [-0.39, 0.29) is 22.4 Å². The fraction of sp³-hybridized carbons (Fsp3) is 0.632. The first-order valence-corrected chi connectivity index (χ1v) is 10.9. The van der Waals surface area contributed by atoms with Crippen molar-refractivity contribution in [2.75, 3.05) is 25.4 Å². The first-order chi connectivity index (χ1) is 11.9. The van der Waals surface area contributed by atoms with Crippen molar-refractivity contribution in [1.82, 2.24) is 10.2 Å². The molecule has 3 rings (SSSR count). The van der Waals surface area contributed by atoms with E-state index in [0.29, 0.717) is 32.5 Å². The normalized spacial score (nSPS) is 20.3. The molecule has 1 aliphatic carbocycles. The number of hydrogen-bond acceptors (Lipinski definition) is 3. The van der Waals surface area contributed by atoms with E-state index in [9.17, 15) is 13.2 Å². The van der Waals surface area contributed by atoms with Crippen LogP contribution >= 0.6 is 0 Å². The summed E-state index contributed by atoms with van der Waals surface area (Å²) in [5.74, 6) is 0.186. The molecule has 5 nitrogen and oxygen atoms in total. The Morgan fingerprint density at radius 2 is 1.84 bits per heavy atom. The van der Waals surface area contributed by atoms with Gasteiger partial charge in [-0.3, -0.25) is 0 Å². The van der Waals surface area contributed by atoms with Crippen molar-refractivity contribution in [3.63, 3.8) is 0 Å². The lowest BCUT2D eigenvalue weighted by Gasteiger charge is -2.32. The highest BCUT2D eigenvalue weighted by Crippen LogP contribution is 2.47. The molecule has 1 saturated carbocycles. The Hall–Kier alpha value is -1.56. The highest BCUT2D eigenvalue weighted by atomic mass is 32.2. The molecule has 2 fully saturated rings. The summed E-state index contributed by atoms with van der Waals surface area (Å²) in [5, 5.41) is 2.80. The zero-order valence-corrected chi connectivity index (χ0v) is 15.7. The van der Waals surface area contributed by atoms with Crippen molar-refractivity contribution in [1.29, 1.82) is 0 Å². The smallest absolute Gasteiger partial charge is 0.317 e. The molecule has 0 aromatic heterocycles. The summed E-state index contributed by atoms with van der Waals surface area (Å²) in [6.07, 6.45) is 4.42. The lowest BCUT2D eigenvalue weighted by molar-refractivity contribution is 0.184. The molecule has 0 atom stereocenters. The Bertz CT molecular complexity index is 691. The molecule has 2 amide bonds. The van der Waals surface area contributed by atoms with Gasteiger partial charge in [0.05, 0.1) is 5.25 Å². The molecular weight excluding hydrogens is 336 g/mol. The topological polar surface area (TPSA) is 66.5 Å². The van der Waals surface area contributed by atoms with Crippen LogP contribution in [0.25, 0.3) is 0 Å². The molecule has 1 aliphatic heterocycles. The third-order valence-corrected chi connectivity index (χ3v) is 7.92. The fourth-order valence-corrected chi connectivity index (χ4v) is 5.05. The summed E-state index contributed by atoms with van der Waals surface area (Å²) in [7, 11) is -2.99. The first kappa shape index (κ1) is 18.2. The van der Waals surface area contributed by atoms with Gasteiger partial charge in [0.25, 0.3) is 0 Å². The first-order valence-electron chi connectivity index (χ1n) is 9.22. The maximum atomic E-state index is 12.4. The van der Waals surface area contributed by atoms with E-state index >= 15 is 0 Å². The van der Waals surface area contributed by atoms with Crippen molar-refractivity contribution in [2.45, 2.75) is 44.3 Å². The van der Waals surface area contributed by atoms with Crippen molar-refractivity contribution in [2.24, 2.45) is 5.41 Å². The Labute approximate surface area is 150 Å². The number of nitrogens with one attached hydrogen (secondary N) is 1. The van der Waals surface area contributed by atoms with Gasteiger partial charge in [0.1, 0.15) is 0 Å². The fourth-order valence-electron chi connectivity index (χ4n) is 3.65. The number of benzene rings is 1. The Morgan fingerprint density at radius 1 is 1.20 bits per heavy atom. The summed E-state index contributed by atoms with van der Waals surface area (Å²) < 4.78 is 23.9. The van der Waals surface area contributed by atoms with E-state index < -0.39 is 9.84 Å². The maximum absolute atomic E-state index is 12.4. The molecule has 0 spiro atoms. The zero-order chi connectivity index (χ0) is 17.9. The van der Waals surface area contributed by atoms with Gasteiger partial charge >= 0.3 is 6.03 Å². The highest BCUT2D eigenvalue weighted by Gasteiger charge is 2.43. The van der Waals surface area contributed by atoms with Crippen LogP contribution in [0.2, 0.25) is 0 Å². The van der Waals surface area contributed by atoms with E-state index in [4.69, 9.17) is 0 Å². The van der Waals surface area contributed by atoms with Crippen molar-refractivity contribution < 1.29 is 13.2 Å². The van der Waals surface area contributed by atoms with Crippen LogP contribution in [-0.4, -0.2) is 50.0 Å². The van der Waals surface area contributed by atoms with Crippen molar-refractivity contribution >= 4 is 15.9 Å². The van der Waals surface area contributed by atoms with Crippen LogP contribution in [0.4, 0.5) is 4.79 Å². The van der Waals surface area contributed by atoms with E-state index in [0.717, 1.165) is 19.3 Å². The van der Waals surface area contributed by atoms with Crippen LogP contribution in [0.3, 0.4) is 0 Å². The number of urea groups is 1. The molecule has 1 saturated heterocycles. The summed E-state index contributed by atoms with van der Waals surface area (Å²) in [6.45, 7) is 3.45. The van der Waals surface area contributed by atoms with Gasteiger partial charge in [0.2, 0.25) is 0 Å². The largest absolute Gasteiger partial charge is 0.337 e. The number of carbonyl (C=O) groups is 1. The van der Waals surface area contributed by atoms with Crippen molar-refractivity contribution in [3.8, 4) is 0 Å². The number of piperidine rings is 1. The van der Waals surface area contributed by atoms with Gasteiger partial charge in [-0.2, -0.15) is 0 Å². The average molecular weight is 365 g/mol. The standard InChI is InChI=1S/C19H28N2O3S/c1-2-25(23,24)17-8-12-21(13-9-17)18(22)20-15-19(10-11-19)14-16-6-4-3-5-7-16/h3-7,17H,2,8-15H2,1H3,(H,20,22). The number of rotatable bonds is 6. The van der Waals surface area contributed by atoms with Gasteiger partial charge in [-0.05, 0) is 43.1 Å². The van der Waals surface area contributed by atoms with Gasteiger partial charge in [-0.25, -0.2) is 13.2 Å². The lowest BCUT2D eigenvalue weighted by Crippen LogP contribution is -2.48.